The van der Waals surface area contributed by atoms with E-state index in [0.717, 1.165) is 28.3 Å². The van der Waals surface area contributed by atoms with Gasteiger partial charge < -0.3 is 10.0 Å². The highest BCUT2D eigenvalue weighted by molar-refractivity contribution is 5.50. The summed E-state index contributed by atoms with van der Waals surface area (Å²) in [6.45, 7) is 2.58. The molecule has 1 N–H and O–H groups in total. The van der Waals surface area contributed by atoms with E-state index in [-0.39, 0.29) is 6.61 Å². The molecule has 0 fully saturated rings. The Bertz CT molecular complexity index is 908. The zero-order valence-corrected chi connectivity index (χ0v) is 15.1. The minimum atomic E-state index is 0.149. The number of aliphatic hydroxyl groups excluding tert-OH is 1. The fourth-order valence-electron chi connectivity index (χ4n) is 3.01. The summed E-state index contributed by atoms with van der Waals surface area (Å²) in [5, 5.41) is 23.2. The number of hydrogen-bond donors (Lipinski definition) is 1. The maximum absolute atomic E-state index is 9.59. The molecule has 0 saturated heterocycles. The molecule has 0 saturated carbocycles. The molecule has 0 aliphatic rings. The molecule has 2 aromatic carbocycles. The average Bonchev–Trinajstić information content (AvgIpc) is 2.98. The second kappa shape index (κ2) is 7.85. The van der Waals surface area contributed by atoms with Crippen molar-refractivity contribution in [1.29, 1.82) is 5.26 Å². The van der Waals surface area contributed by atoms with Gasteiger partial charge in [-0.1, -0.05) is 30.3 Å². The Labute approximate surface area is 153 Å². The van der Waals surface area contributed by atoms with Crippen molar-refractivity contribution in [2.75, 3.05) is 18.6 Å². The quantitative estimate of drug-likeness (QED) is 0.744. The molecule has 0 atom stereocenters. The molecule has 0 bridgehead atoms. The summed E-state index contributed by atoms with van der Waals surface area (Å²) in [7, 11) is 2.00. The molecule has 1 heterocycles. The van der Waals surface area contributed by atoms with Crippen molar-refractivity contribution in [3.05, 3.63) is 77.1 Å². The van der Waals surface area contributed by atoms with Gasteiger partial charge in [0.25, 0.3) is 0 Å². The first-order chi connectivity index (χ1) is 12.6. The van der Waals surface area contributed by atoms with Crippen LogP contribution in [0.3, 0.4) is 0 Å². The van der Waals surface area contributed by atoms with E-state index in [2.05, 4.69) is 16.1 Å². The van der Waals surface area contributed by atoms with Gasteiger partial charge in [-0.2, -0.15) is 10.4 Å². The third-order valence-electron chi connectivity index (χ3n) is 4.43. The summed E-state index contributed by atoms with van der Waals surface area (Å²) in [6.07, 6.45) is 0.655. The number of hydrogen-bond acceptors (Lipinski definition) is 4. The summed E-state index contributed by atoms with van der Waals surface area (Å²) in [5.74, 6) is 0. The van der Waals surface area contributed by atoms with Gasteiger partial charge >= 0.3 is 0 Å². The SMILES string of the molecule is Cc1nn(-c2ccccc2)c(CN(C)c2ccc(CCO)cc2)c1C#N. The topological polar surface area (TPSA) is 65.1 Å². The van der Waals surface area contributed by atoms with Crippen LogP contribution in [-0.4, -0.2) is 28.5 Å². The van der Waals surface area contributed by atoms with Crippen molar-refractivity contribution in [2.45, 2.75) is 19.9 Å². The van der Waals surface area contributed by atoms with Gasteiger partial charge in [0.2, 0.25) is 0 Å². The molecule has 0 unspecified atom stereocenters. The first-order valence-electron chi connectivity index (χ1n) is 8.59. The highest BCUT2D eigenvalue weighted by Crippen LogP contribution is 2.22. The Morgan fingerprint density at radius 2 is 1.81 bits per heavy atom. The maximum atomic E-state index is 9.59. The van der Waals surface area contributed by atoms with E-state index in [9.17, 15) is 5.26 Å². The molecule has 5 heteroatoms. The number of benzene rings is 2. The first-order valence-corrected chi connectivity index (χ1v) is 8.59. The zero-order valence-electron chi connectivity index (χ0n) is 15.1. The van der Waals surface area contributed by atoms with Crippen LogP contribution >= 0.6 is 0 Å². The van der Waals surface area contributed by atoms with Gasteiger partial charge in [-0.05, 0) is 43.2 Å². The summed E-state index contributed by atoms with van der Waals surface area (Å²) in [4.78, 5) is 2.10. The van der Waals surface area contributed by atoms with Crippen LogP contribution in [0.2, 0.25) is 0 Å². The third-order valence-corrected chi connectivity index (χ3v) is 4.43. The molecular weight excluding hydrogens is 324 g/mol. The van der Waals surface area contributed by atoms with Crippen LogP contribution in [0.15, 0.2) is 54.6 Å². The Hall–Kier alpha value is -3.10. The Morgan fingerprint density at radius 3 is 2.42 bits per heavy atom. The highest BCUT2D eigenvalue weighted by atomic mass is 16.2. The van der Waals surface area contributed by atoms with Gasteiger partial charge in [0.1, 0.15) is 6.07 Å². The number of rotatable bonds is 6. The lowest BCUT2D eigenvalue weighted by atomic mass is 10.1. The predicted molar refractivity (Wildman–Crippen MR) is 102 cm³/mol. The van der Waals surface area contributed by atoms with Crippen molar-refractivity contribution >= 4 is 5.69 Å². The molecule has 0 aliphatic carbocycles. The molecule has 3 rings (SSSR count). The molecule has 132 valence electrons. The summed E-state index contributed by atoms with van der Waals surface area (Å²) >= 11 is 0. The second-order valence-electron chi connectivity index (χ2n) is 6.26. The van der Waals surface area contributed by atoms with Crippen molar-refractivity contribution in [2.24, 2.45) is 0 Å². The predicted octanol–water partition coefficient (Wildman–Crippen LogP) is 3.22. The van der Waals surface area contributed by atoms with Crippen molar-refractivity contribution < 1.29 is 5.11 Å². The number of nitriles is 1. The molecule has 26 heavy (non-hydrogen) atoms. The summed E-state index contributed by atoms with van der Waals surface area (Å²) in [6, 6.07) is 20.3. The third kappa shape index (κ3) is 3.61. The molecule has 3 aromatic rings. The first kappa shape index (κ1) is 17.7. The molecule has 0 amide bonds. The lowest BCUT2D eigenvalue weighted by Gasteiger charge is -2.20. The van der Waals surface area contributed by atoms with Crippen LogP contribution in [0.1, 0.15) is 22.5 Å². The van der Waals surface area contributed by atoms with E-state index >= 15 is 0 Å². The summed E-state index contributed by atoms with van der Waals surface area (Å²) in [5.41, 5.74) is 5.33. The number of aryl methyl sites for hydroxylation is 1. The zero-order chi connectivity index (χ0) is 18.5. The van der Waals surface area contributed by atoms with Crippen LogP contribution in [0.25, 0.3) is 5.69 Å². The largest absolute Gasteiger partial charge is 0.396 e. The molecule has 0 radical (unpaired) electrons. The monoisotopic (exact) mass is 346 g/mol. The van der Waals surface area contributed by atoms with Gasteiger partial charge in [-0.3, -0.25) is 0 Å². The van der Waals surface area contributed by atoms with E-state index in [1.165, 1.54) is 0 Å². The minimum Gasteiger partial charge on any atom is -0.396 e. The number of anilines is 1. The molecular formula is C21H22N4O. The molecule has 5 nitrogen and oxygen atoms in total. The highest BCUT2D eigenvalue weighted by Gasteiger charge is 2.18. The second-order valence-corrected chi connectivity index (χ2v) is 6.26. The van der Waals surface area contributed by atoms with E-state index in [1.54, 1.807) is 0 Å². The Balaban J connectivity index is 1.92. The van der Waals surface area contributed by atoms with E-state index < -0.39 is 0 Å². The van der Waals surface area contributed by atoms with Crippen LogP contribution in [0, 0.1) is 18.3 Å². The Kier molecular flexibility index (Phi) is 5.35. The molecule has 0 aliphatic heterocycles. The fraction of sp³-hybridized carbons (Fsp3) is 0.238. The van der Waals surface area contributed by atoms with Crippen molar-refractivity contribution in [3.63, 3.8) is 0 Å². The van der Waals surface area contributed by atoms with Gasteiger partial charge in [-0.25, -0.2) is 4.68 Å². The van der Waals surface area contributed by atoms with Crippen molar-refractivity contribution in [1.82, 2.24) is 9.78 Å². The van der Waals surface area contributed by atoms with Gasteiger partial charge in [-0.15, -0.1) is 0 Å². The lowest BCUT2D eigenvalue weighted by Crippen LogP contribution is -2.19. The number of aliphatic hydroxyl groups is 1. The van der Waals surface area contributed by atoms with Crippen LogP contribution in [0.4, 0.5) is 5.69 Å². The minimum absolute atomic E-state index is 0.149. The fourth-order valence-corrected chi connectivity index (χ4v) is 3.01. The van der Waals surface area contributed by atoms with Crippen LogP contribution in [-0.2, 0) is 13.0 Å². The number of para-hydroxylation sites is 1. The van der Waals surface area contributed by atoms with Gasteiger partial charge in [0, 0.05) is 19.3 Å². The van der Waals surface area contributed by atoms with Gasteiger partial charge in [0.05, 0.1) is 29.2 Å². The summed E-state index contributed by atoms with van der Waals surface area (Å²) < 4.78 is 1.85. The average molecular weight is 346 g/mol. The number of nitrogens with zero attached hydrogens (tertiary/aromatic N) is 4. The van der Waals surface area contributed by atoms with Gasteiger partial charge in [0.15, 0.2) is 0 Å². The number of aromatic nitrogens is 2. The Morgan fingerprint density at radius 1 is 1.12 bits per heavy atom. The van der Waals surface area contributed by atoms with Crippen molar-refractivity contribution in [3.8, 4) is 11.8 Å². The van der Waals surface area contributed by atoms with E-state index in [0.29, 0.717) is 18.5 Å². The smallest absolute Gasteiger partial charge is 0.103 e. The van der Waals surface area contributed by atoms with E-state index in [1.807, 2.05) is 73.3 Å². The molecule has 0 spiro atoms. The standard InChI is InChI=1S/C21H22N4O/c1-16-20(14-22)21(25(23-16)19-6-4-3-5-7-19)15-24(2)18-10-8-17(9-11-18)12-13-26/h3-11,26H,12-13,15H2,1-2H3. The lowest BCUT2D eigenvalue weighted by molar-refractivity contribution is 0.299. The molecule has 1 aromatic heterocycles. The van der Waals surface area contributed by atoms with E-state index in [4.69, 9.17) is 5.11 Å². The maximum Gasteiger partial charge on any atom is 0.103 e. The van der Waals surface area contributed by atoms with Crippen LogP contribution in [0.5, 0.6) is 0 Å². The normalized spacial score (nSPS) is 10.5. The van der Waals surface area contributed by atoms with Crippen LogP contribution < -0.4 is 4.90 Å².